The quantitative estimate of drug-likeness (QED) is 0.0293. The highest BCUT2D eigenvalue weighted by Gasteiger charge is 2.45. The molecule has 4 N–H and O–H groups in total. The molecule has 2 aliphatic rings. The van der Waals surface area contributed by atoms with Crippen LogP contribution in [-0.4, -0.2) is 123 Å². The molecule has 0 saturated carbocycles. The Balaban J connectivity index is 0.951. The summed E-state index contributed by atoms with van der Waals surface area (Å²) in [5, 5.41) is 28.0. The summed E-state index contributed by atoms with van der Waals surface area (Å²) in [7, 11) is 0. The number of ether oxygens (including phenoxy) is 2. The second kappa shape index (κ2) is 26.0. The molecule has 4 amide bonds. The van der Waals surface area contributed by atoms with Crippen molar-refractivity contribution >= 4 is 46.4 Å². The van der Waals surface area contributed by atoms with Crippen molar-refractivity contribution in [3.63, 3.8) is 0 Å². The van der Waals surface area contributed by atoms with E-state index in [2.05, 4.69) is 55.7 Å². The van der Waals surface area contributed by atoms with Crippen molar-refractivity contribution in [1.29, 1.82) is 0 Å². The number of Topliss-reactive ketones (excluding diaryl/α,β-unsaturated/α-hetero) is 1. The molecule has 17 nitrogen and oxygen atoms in total. The Morgan fingerprint density at radius 2 is 1.66 bits per heavy atom. The normalized spacial score (nSPS) is 16.9. The Kier molecular flexibility index (Phi) is 19.5. The van der Waals surface area contributed by atoms with Gasteiger partial charge in [0, 0.05) is 73.3 Å². The molecule has 5 aromatic rings. The SMILES string of the molecule is C=C(C)NC(=O)/C(=C/C)CCC(=O)c1cc(-c2ccc(-c3cn(CCOCC(=O)N[C@H](C(=O)N4C[C@H](O)C[C@H]4C(=O)N[C@@H](C)c4ccc(-c5scnc5C)cc4)C(C)(C)C)nn3)cc2)cc(N(CC)C2CCOCC2)c1C. The summed E-state index contributed by atoms with van der Waals surface area (Å²) in [4.78, 5) is 77.4. The van der Waals surface area contributed by atoms with Gasteiger partial charge in [0.15, 0.2) is 5.78 Å². The summed E-state index contributed by atoms with van der Waals surface area (Å²) in [5.41, 5.74) is 10.9. The van der Waals surface area contributed by atoms with Crippen LogP contribution in [0.4, 0.5) is 5.69 Å². The molecular weight excluding hydrogens is 995 g/mol. The van der Waals surface area contributed by atoms with Gasteiger partial charge in [0.05, 0.1) is 47.6 Å². The van der Waals surface area contributed by atoms with Crippen LogP contribution in [0.1, 0.15) is 114 Å². The number of aryl methyl sites for hydroxylation is 1. The number of hydrogen-bond donors (Lipinski definition) is 4. The van der Waals surface area contributed by atoms with Gasteiger partial charge in [0.25, 0.3) is 5.91 Å². The number of amides is 4. The fourth-order valence-electron chi connectivity index (χ4n) is 10.0. The Morgan fingerprint density at radius 1 is 0.974 bits per heavy atom. The minimum absolute atomic E-state index is 0.0395. The summed E-state index contributed by atoms with van der Waals surface area (Å²) in [6.07, 6.45) is 4.97. The maximum absolute atomic E-state index is 14.2. The fraction of sp³-hybridized carbons (Fsp3) is 0.458. The van der Waals surface area contributed by atoms with Crippen molar-refractivity contribution in [2.45, 2.75) is 131 Å². The first-order valence-electron chi connectivity index (χ1n) is 26.6. The van der Waals surface area contributed by atoms with Gasteiger partial charge in [-0.2, -0.15) is 0 Å². The first kappa shape index (κ1) is 57.8. The van der Waals surface area contributed by atoms with Crippen LogP contribution >= 0.6 is 11.3 Å². The third kappa shape index (κ3) is 14.6. The molecule has 77 heavy (non-hydrogen) atoms. The zero-order chi connectivity index (χ0) is 55.6. The van der Waals surface area contributed by atoms with E-state index in [-0.39, 0.29) is 62.3 Å². The van der Waals surface area contributed by atoms with Crippen LogP contribution in [0.25, 0.3) is 32.8 Å². The lowest BCUT2D eigenvalue weighted by atomic mass is 9.85. The van der Waals surface area contributed by atoms with E-state index in [1.165, 1.54) is 4.90 Å². The molecule has 0 bridgehead atoms. The van der Waals surface area contributed by atoms with Gasteiger partial charge < -0.3 is 40.3 Å². The van der Waals surface area contributed by atoms with Gasteiger partial charge >= 0.3 is 0 Å². The number of allylic oxidation sites excluding steroid dienone is 2. The van der Waals surface area contributed by atoms with E-state index in [0.717, 1.165) is 69.0 Å². The lowest BCUT2D eigenvalue weighted by Gasteiger charge is -2.37. The maximum Gasteiger partial charge on any atom is 0.250 e. The van der Waals surface area contributed by atoms with Gasteiger partial charge in [-0.25, -0.2) is 9.67 Å². The number of hydrogen-bond acceptors (Lipinski definition) is 13. The highest BCUT2D eigenvalue weighted by Crippen LogP contribution is 2.36. The highest BCUT2D eigenvalue weighted by molar-refractivity contribution is 7.13. The summed E-state index contributed by atoms with van der Waals surface area (Å²) < 4.78 is 13.1. The molecular formula is C59H75N9O8S. The van der Waals surface area contributed by atoms with E-state index < -0.39 is 35.4 Å². The second-order valence-electron chi connectivity index (χ2n) is 21.1. The van der Waals surface area contributed by atoms with E-state index in [1.807, 2.05) is 102 Å². The van der Waals surface area contributed by atoms with Gasteiger partial charge in [-0.05, 0) is 106 Å². The third-order valence-electron chi connectivity index (χ3n) is 14.4. The Hall–Kier alpha value is -6.86. The van der Waals surface area contributed by atoms with Crippen LogP contribution < -0.4 is 20.9 Å². The summed E-state index contributed by atoms with van der Waals surface area (Å²) >= 11 is 1.57. The van der Waals surface area contributed by atoms with Crippen LogP contribution in [-0.2, 0) is 35.2 Å². The minimum Gasteiger partial charge on any atom is -0.391 e. The number of β-amino-alcohol motifs (C(OH)–C–C–N with tert-alkyl or cyclic N) is 1. The van der Waals surface area contributed by atoms with Gasteiger partial charge in [0.1, 0.15) is 24.4 Å². The monoisotopic (exact) mass is 1070 g/mol. The zero-order valence-electron chi connectivity index (χ0n) is 46.0. The maximum atomic E-state index is 14.2. The van der Waals surface area contributed by atoms with E-state index in [1.54, 1.807) is 42.1 Å². The van der Waals surface area contributed by atoms with Crippen LogP contribution in [0.2, 0.25) is 0 Å². The number of aromatic nitrogens is 4. The van der Waals surface area contributed by atoms with Crippen molar-refractivity contribution in [3.05, 3.63) is 119 Å². The Labute approximate surface area is 456 Å². The number of nitrogens with one attached hydrogen (secondary N) is 3. The van der Waals surface area contributed by atoms with Crippen LogP contribution in [0.15, 0.2) is 96.3 Å². The van der Waals surface area contributed by atoms with E-state index in [4.69, 9.17) is 9.47 Å². The van der Waals surface area contributed by atoms with Crippen molar-refractivity contribution in [2.75, 3.05) is 44.4 Å². The molecule has 7 rings (SSSR count). The number of aliphatic hydroxyl groups is 1. The molecule has 3 aromatic carbocycles. The molecule has 2 fully saturated rings. The molecule has 18 heteroatoms. The van der Waals surface area contributed by atoms with Crippen LogP contribution in [0, 0.1) is 19.3 Å². The topological polar surface area (TPSA) is 210 Å². The molecule has 2 aliphatic heterocycles. The van der Waals surface area contributed by atoms with E-state index in [9.17, 15) is 29.1 Å². The van der Waals surface area contributed by atoms with Crippen molar-refractivity contribution in [1.82, 2.24) is 40.8 Å². The number of aliphatic hydroxyl groups excluding tert-OH is 1. The van der Waals surface area contributed by atoms with Crippen LogP contribution in [0.5, 0.6) is 0 Å². The largest absolute Gasteiger partial charge is 0.391 e. The molecule has 2 saturated heterocycles. The molecule has 4 atom stereocenters. The zero-order valence-corrected chi connectivity index (χ0v) is 46.8. The molecule has 0 spiro atoms. The number of rotatable bonds is 22. The predicted octanol–water partition coefficient (Wildman–Crippen LogP) is 8.30. The fourth-order valence-corrected chi connectivity index (χ4v) is 10.8. The molecule has 410 valence electrons. The number of carbonyl (C=O) groups is 5. The Bertz CT molecular complexity index is 2940. The number of nitrogens with zero attached hydrogens (tertiary/aromatic N) is 6. The van der Waals surface area contributed by atoms with E-state index >= 15 is 0 Å². The third-order valence-corrected chi connectivity index (χ3v) is 15.3. The summed E-state index contributed by atoms with van der Waals surface area (Å²) in [5.74, 6) is -1.64. The highest BCUT2D eigenvalue weighted by atomic mass is 32.1. The first-order chi connectivity index (χ1) is 36.8. The number of thiazole rings is 1. The second-order valence-corrected chi connectivity index (χ2v) is 22.0. The van der Waals surface area contributed by atoms with E-state index in [0.29, 0.717) is 48.7 Å². The summed E-state index contributed by atoms with van der Waals surface area (Å²) in [6.45, 7) is 23.0. The molecule has 2 aromatic heterocycles. The predicted molar refractivity (Wildman–Crippen MR) is 300 cm³/mol. The number of benzene rings is 3. The number of ketones is 1. The molecule has 0 unspecified atom stereocenters. The smallest absolute Gasteiger partial charge is 0.250 e. The number of anilines is 1. The standard InChI is InChI=1S/C59H75N9O8S/c1-11-40(56(72)61-36(3)4)21-22-52(70)48-29-45(30-50(37(48)5)67(12-2)46-23-26-75-27-24-46)42-15-17-43(18-16-42)49-33-66(65-64-49)25-28-76-34-53(71)63-55(59(8,9)10)58(74)68-32-47(69)31-51(68)57(73)62-38(6)41-13-19-44(20-14-41)54-39(7)60-35-77-54/h11,13-20,29-30,33,35,38,46-47,51,55,69H,3,12,21-28,31-32,34H2,1-2,4-10H3,(H,61,72)(H,62,73)(H,63,71)/b40-11+/t38-,47+,51-,55+/m0/s1. The summed E-state index contributed by atoms with van der Waals surface area (Å²) in [6, 6.07) is 18.0. The van der Waals surface area contributed by atoms with Gasteiger partial charge in [-0.1, -0.05) is 87.2 Å². The van der Waals surface area contributed by atoms with Crippen LogP contribution in [0.3, 0.4) is 0 Å². The van der Waals surface area contributed by atoms with Gasteiger partial charge in [0.2, 0.25) is 17.7 Å². The lowest BCUT2D eigenvalue weighted by molar-refractivity contribution is -0.144. The van der Waals surface area contributed by atoms with Gasteiger partial charge in [-0.3, -0.25) is 24.0 Å². The lowest BCUT2D eigenvalue weighted by Crippen LogP contribution is -2.58. The van der Waals surface area contributed by atoms with Gasteiger partial charge in [-0.15, -0.1) is 16.4 Å². The average molecular weight is 1070 g/mol. The van der Waals surface area contributed by atoms with Crippen molar-refractivity contribution < 1.29 is 38.6 Å². The first-order valence-corrected chi connectivity index (χ1v) is 27.5. The molecule has 0 aliphatic carbocycles. The minimum atomic E-state index is -1.01. The number of likely N-dealkylation sites (tertiary alicyclic amines) is 1. The molecule has 0 radical (unpaired) electrons. The van der Waals surface area contributed by atoms with Crippen molar-refractivity contribution in [2.24, 2.45) is 5.41 Å². The number of carbonyl (C=O) groups excluding carboxylic acids is 5. The van der Waals surface area contributed by atoms with Crippen molar-refractivity contribution in [3.8, 4) is 32.8 Å². The Morgan fingerprint density at radius 3 is 2.30 bits per heavy atom. The molecule has 4 heterocycles. The average Bonchev–Trinajstić information content (AvgIpc) is 4.20.